The Morgan fingerprint density at radius 1 is 0.900 bits per heavy atom. The van der Waals surface area contributed by atoms with Gasteiger partial charge in [-0.3, -0.25) is 4.79 Å². The number of unbranched alkanes of at least 4 members (excludes halogenated alkanes) is 1. The van der Waals surface area contributed by atoms with Gasteiger partial charge in [-0.05, 0) is 132 Å². The van der Waals surface area contributed by atoms with E-state index in [4.69, 9.17) is 9.47 Å². The third-order valence-corrected chi connectivity index (χ3v) is 8.94. The van der Waals surface area contributed by atoms with Crippen LogP contribution >= 0.6 is 20.5 Å². The minimum absolute atomic E-state index is 0.0879. The molecule has 40 heavy (non-hydrogen) atoms. The minimum Gasteiger partial charge on any atom is -0.493 e. The number of benzene rings is 2. The standard InChI is InChI=1S/C33H45N2O3PS/c1-25-10-19-30(34-23-25)35-40-29-17-15-28(16-18-29)37-21-20-27-13-11-26(12-14-27)9-7-8-22-39-24-33(5,6)31(36)38-32(2,3)4/h10-19,23,39H,7-9,20-22,24H2,1-6H3,(H,34,35). The number of aryl methyl sites for hydroxylation is 2. The van der Waals surface area contributed by atoms with Crippen LogP contribution < -0.4 is 9.46 Å². The molecule has 0 aliphatic heterocycles. The summed E-state index contributed by atoms with van der Waals surface area (Å²) in [7, 11) is 0.787. The molecule has 216 valence electrons. The Labute approximate surface area is 247 Å². The molecule has 1 heterocycles. The molecule has 1 unspecified atom stereocenters. The lowest BCUT2D eigenvalue weighted by Gasteiger charge is -2.28. The molecule has 3 aromatic rings. The molecule has 0 aliphatic rings. The van der Waals surface area contributed by atoms with Gasteiger partial charge in [-0.25, -0.2) is 4.98 Å². The van der Waals surface area contributed by atoms with E-state index in [1.54, 1.807) is 0 Å². The number of rotatable bonds is 15. The quantitative estimate of drug-likeness (QED) is 0.0842. The largest absolute Gasteiger partial charge is 0.493 e. The molecule has 7 heteroatoms. The Kier molecular flexibility index (Phi) is 12.3. The minimum atomic E-state index is -0.426. The van der Waals surface area contributed by atoms with Gasteiger partial charge >= 0.3 is 5.97 Å². The van der Waals surface area contributed by atoms with Crippen molar-refractivity contribution in [2.75, 3.05) is 23.7 Å². The van der Waals surface area contributed by atoms with Gasteiger partial charge in [0.05, 0.1) is 12.0 Å². The highest BCUT2D eigenvalue weighted by Crippen LogP contribution is 2.30. The fourth-order valence-electron chi connectivity index (χ4n) is 3.87. The van der Waals surface area contributed by atoms with Crippen molar-refractivity contribution in [1.82, 2.24) is 4.98 Å². The SMILES string of the molecule is Cc1ccc(NSc2ccc(OCCc3ccc(CCCCPCC(C)(C)C(=O)OC(C)(C)C)cc3)cc2)nc1. The Balaban J connectivity index is 1.28. The van der Waals surface area contributed by atoms with E-state index in [0.717, 1.165) is 49.6 Å². The molecule has 0 spiro atoms. The average molecular weight is 581 g/mol. The van der Waals surface area contributed by atoms with Gasteiger partial charge in [-0.15, -0.1) is 8.58 Å². The molecule has 0 fully saturated rings. The first-order valence-electron chi connectivity index (χ1n) is 14.1. The molecule has 0 aliphatic carbocycles. The van der Waals surface area contributed by atoms with Crippen LogP contribution in [0.15, 0.2) is 71.8 Å². The second-order valence-electron chi connectivity index (χ2n) is 11.8. The Morgan fingerprint density at radius 2 is 1.57 bits per heavy atom. The molecule has 0 bridgehead atoms. The van der Waals surface area contributed by atoms with E-state index in [9.17, 15) is 4.79 Å². The van der Waals surface area contributed by atoms with Crippen molar-refractivity contribution in [3.63, 3.8) is 0 Å². The highest BCUT2D eigenvalue weighted by molar-refractivity contribution is 8.00. The van der Waals surface area contributed by atoms with Gasteiger partial charge in [0.25, 0.3) is 0 Å². The van der Waals surface area contributed by atoms with Gasteiger partial charge in [0.15, 0.2) is 0 Å². The van der Waals surface area contributed by atoms with Crippen LogP contribution in [0.1, 0.15) is 64.2 Å². The summed E-state index contributed by atoms with van der Waals surface area (Å²) in [5.41, 5.74) is 2.98. The van der Waals surface area contributed by atoms with Crippen molar-refractivity contribution in [3.8, 4) is 5.75 Å². The highest BCUT2D eigenvalue weighted by Gasteiger charge is 2.31. The summed E-state index contributed by atoms with van der Waals surface area (Å²) >= 11 is 1.54. The van der Waals surface area contributed by atoms with E-state index in [1.165, 1.54) is 42.1 Å². The van der Waals surface area contributed by atoms with E-state index in [2.05, 4.69) is 46.1 Å². The Bertz CT molecular complexity index is 1170. The van der Waals surface area contributed by atoms with Crippen LogP contribution in [0.25, 0.3) is 0 Å². The van der Waals surface area contributed by atoms with Crippen LogP contribution in [-0.2, 0) is 22.4 Å². The topological polar surface area (TPSA) is 60.5 Å². The molecule has 1 N–H and O–H groups in total. The van der Waals surface area contributed by atoms with Gasteiger partial charge in [-0.2, -0.15) is 0 Å². The summed E-state index contributed by atoms with van der Waals surface area (Å²) < 4.78 is 14.8. The number of carbonyl (C=O) groups excluding carboxylic acids is 1. The van der Waals surface area contributed by atoms with Crippen molar-refractivity contribution in [3.05, 3.63) is 83.6 Å². The monoisotopic (exact) mass is 580 g/mol. The summed E-state index contributed by atoms with van der Waals surface area (Å²) in [6.45, 7) is 12.5. The molecule has 0 amide bonds. The number of nitrogens with zero attached hydrogens (tertiary/aromatic N) is 1. The molecule has 0 saturated heterocycles. The molecule has 5 nitrogen and oxygen atoms in total. The first-order valence-corrected chi connectivity index (χ1v) is 16.3. The van der Waals surface area contributed by atoms with Crippen LogP contribution in [0, 0.1) is 12.3 Å². The summed E-state index contributed by atoms with van der Waals surface area (Å²) in [6.07, 6.45) is 8.26. The number of hydrogen-bond acceptors (Lipinski definition) is 6. The number of ether oxygens (including phenoxy) is 2. The van der Waals surface area contributed by atoms with Crippen LogP contribution in [0.4, 0.5) is 5.82 Å². The zero-order valence-corrected chi connectivity index (χ0v) is 26.7. The maximum atomic E-state index is 12.4. The fraction of sp³-hybridized carbons (Fsp3) is 0.455. The number of nitrogens with one attached hydrogen (secondary N) is 1. The van der Waals surface area contributed by atoms with Crippen molar-refractivity contribution < 1.29 is 14.3 Å². The molecule has 3 rings (SSSR count). The lowest BCUT2D eigenvalue weighted by molar-refractivity contribution is -0.164. The van der Waals surface area contributed by atoms with Gasteiger partial charge in [0.1, 0.15) is 17.2 Å². The second-order valence-corrected chi connectivity index (χ2v) is 14.1. The Morgan fingerprint density at radius 3 is 2.20 bits per heavy atom. The van der Waals surface area contributed by atoms with Crippen molar-refractivity contribution in [2.24, 2.45) is 5.41 Å². The predicted octanol–water partition coefficient (Wildman–Crippen LogP) is 8.50. The van der Waals surface area contributed by atoms with Gasteiger partial charge in [0.2, 0.25) is 0 Å². The van der Waals surface area contributed by atoms with E-state index in [-0.39, 0.29) is 5.97 Å². The normalized spacial score (nSPS) is 12.1. The smallest absolute Gasteiger partial charge is 0.312 e. The van der Waals surface area contributed by atoms with Crippen LogP contribution in [-0.4, -0.2) is 35.5 Å². The molecular formula is C33H45N2O3PS. The summed E-state index contributed by atoms with van der Waals surface area (Å²) in [6, 6.07) is 21.1. The third-order valence-electron chi connectivity index (χ3n) is 6.28. The fourth-order valence-corrected chi connectivity index (χ4v) is 5.93. The number of aromatic nitrogens is 1. The first-order chi connectivity index (χ1) is 19.0. The summed E-state index contributed by atoms with van der Waals surface area (Å²) in [5, 5.41) is 0. The molecule has 1 aromatic heterocycles. The molecule has 2 aromatic carbocycles. The molecule has 1 atom stereocenters. The van der Waals surface area contributed by atoms with Crippen LogP contribution in [0.5, 0.6) is 5.75 Å². The number of hydrogen-bond donors (Lipinski definition) is 1. The third kappa shape index (κ3) is 11.9. The predicted molar refractivity (Wildman–Crippen MR) is 171 cm³/mol. The maximum absolute atomic E-state index is 12.4. The maximum Gasteiger partial charge on any atom is 0.312 e. The van der Waals surface area contributed by atoms with E-state index in [1.807, 2.05) is 72.0 Å². The van der Waals surface area contributed by atoms with Crippen LogP contribution in [0.2, 0.25) is 0 Å². The number of carbonyl (C=O) groups is 1. The first kappa shape index (κ1) is 32.0. The van der Waals surface area contributed by atoms with Crippen LogP contribution in [0.3, 0.4) is 0 Å². The second kappa shape index (κ2) is 15.4. The van der Waals surface area contributed by atoms with E-state index < -0.39 is 11.0 Å². The van der Waals surface area contributed by atoms with Crippen molar-refractivity contribution >= 4 is 32.3 Å². The average Bonchev–Trinajstić information content (AvgIpc) is 2.91. The number of esters is 1. The van der Waals surface area contributed by atoms with Crippen molar-refractivity contribution in [1.29, 1.82) is 0 Å². The van der Waals surface area contributed by atoms with E-state index >= 15 is 0 Å². The Hall–Kier alpha value is -2.56. The zero-order chi connectivity index (χ0) is 29.0. The summed E-state index contributed by atoms with van der Waals surface area (Å²) in [5.74, 6) is 1.64. The molecular weight excluding hydrogens is 535 g/mol. The van der Waals surface area contributed by atoms with E-state index in [0.29, 0.717) is 6.61 Å². The zero-order valence-electron chi connectivity index (χ0n) is 24.9. The number of anilines is 1. The molecule has 0 saturated carbocycles. The molecule has 0 radical (unpaired) electrons. The lowest BCUT2D eigenvalue weighted by Crippen LogP contribution is -2.35. The number of pyridine rings is 1. The highest BCUT2D eigenvalue weighted by atomic mass is 32.2. The van der Waals surface area contributed by atoms with Gasteiger partial charge < -0.3 is 14.2 Å². The van der Waals surface area contributed by atoms with Gasteiger partial charge in [0, 0.05) is 17.5 Å². The summed E-state index contributed by atoms with van der Waals surface area (Å²) in [4.78, 5) is 17.9. The van der Waals surface area contributed by atoms with Crippen molar-refractivity contribution in [2.45, 2.75) is 77.7 Å². The van der Waals surface area contributed by atoms with Gasteiger partial charge in [-0.1, -0.05) is 30.3 Å². The lowest BCUT2D eigenvalue weighted by atomic mass is 9.96.